The highest BCUT2D eigenvalue weighted by molar-refractivity contribution is 7.13. The van der Waals surface area contributed by atoms with Crippen molar-refractivity contribution < 1.29 is 18.0 Å². The topological polar surface area (TPSA) is 42.0 Å². The second kappa shape index (κ2) is 3.73. The van der Waals surface area contributed by atoms with Gasteiger partial charge in [0.2, 0.25) is 0 Å². The molecular weight excluding hydrogens is 241 g/mol. The fourth-order valence-corrected chi connectivity index (χ4v) is 2.04. The molecule has 1 saturated carbocycles. The summed E-state index contributed by atoms with van der Waals surface area (Å²) in [6, 6.07) is 0.128. The van der Waals surface area contributed by atoms with Gasteiger partial charge >= 0.3 is 6.18 Å². The number of aromatic nitrogens is 1. The van der Waals surface area contributed by atoms with E-state index in [1.807, 2.05) is 0 Å². The molecule has 1 aromatic heterocycles. The molecule has 0 saturated heterocycles. The van der Waals surface area contributed by atoms with Gasteiger partial charge in [0, 0.05) is 6.04 Å². The third-order valence-electron chi connectivity index (χ3n) is 2.16. The van der Waals surface area contributed by atoms with Crippen LogP contribution in [0.1, 0.15) is 33.2 Å². The Morgan fingerprint density at radius 2 is 2.12 bits per heavy atom. The minimum atomic E-state index is -4.48. The third kappa shape index (κ3) is 2.34. The lowest BCUT2D eigenvalue weighted by Gasteiger charge is -2.00. The zero-order valence-electron chi connectivity index (χ0n) is 8.39. The number of halogens is 3. The SMILES string of the molecule is Cc1nc(C(F)(F)F)sc1C(=O)NC1CC1. The summed E-state index contributed by atoms with van der Waals surface area (Å²) < 4.78 is 37.0. The molecule has 1 heterocycles. The van der Waals surface area contributed by atoms with Gasteiger partial charge < -0.3 is 5.32 Å². The molecular formula is C9H9F3N2OS. The van der Waals surface area contributed by atoms with Crippen molar-refractivity contribution in [3.05, 3.63) is 15.6 Å². The van der Waals surface area contributed by atoms with Crippen molar-refractivity contribution in [3.8, 4) is 0 Å². The molecule has 0 atom stereocenters. The molecule has 1 N–H and O–H groups in total. The molecule has 88 valence electrons. The molecule has 1 aliphatic rings. The van der Waals surface area contributed by atoms with Gasteiger partial charge in [-0.3, -0.25) is 4.79 Å². The molecule has 7 heteroatoms. The molecule has 1 aliphatic carbocycles. The number of carbonyl (C=O) groups excluding carboxylic acids is 1. The number of aryl methyl sites for hydroxylation is 1. The molecule has 3 nitrogen and oxygen atoms in total. The molecule has 1 amide bonds. The van der Waals surface area contributed by atoms with Crippen molar-refractivity contribution in [2.45, 2.75) is 32.0 Å². The average molecular weight is 250 g/mol. The van der Waals surface area contributed by atoms with E-state index >= 15 is 0 Å². The number of amides is 1. The van der Waals surface area contributed by atoms with Crippen LogP contribution in [0.3, 0.4) is 0 Å². The Kier molecular flexibility index (Phi) is 2.65. The third-order valence-corrected chi connectivity index (χ3v) is 3.36. The molecule has 16 heavy (non-hydrogen) atoms. The van der Waals surface area contributed by atoms with E-state index in [-0.39, 0.29) is 16.6 Å². The van der Waals surface area contributed by atoms with Gasteiger partial charge in [-0.15, -0.1) is 11.3 Å². The summed E-state index contributed by atoms with van der Waals surface area (Å²) >= 11 is 0.396. The van der Waals surface area contributed by atoms with Gasteiger partial charge in [0.05, 0.1) is 5.69 Å². The maximum Gasteiger partial charge on any atom is 0.443 e. The second-order valence-electron chi connectivity index (χ2n) is 3.68. The number of rotatable bonds is 2. The van der Waals surface area contributed by atoms with Gasteiger partial charge in [0.1, 0.15) is 4.88 Å². The molecule has 0 aliphatic heterocycles. The smallest absolute Gasteiger partial charge is 0.349 e. The standard InChI is InChI=1S/C9H9F3N2OS/c1-4-6(7(15)14-5-2-3-5)16-8(13-4)9(10,11)12/h5H,2-3H2,1H3,(H,14,15). The van der Waals surface area contributed by atoms with E-state index in [0.29, 0.717) is 11.3 Å². The zero-order valence-corrected chi connectivity index (χ0v) is 9.21. The van der Waals surface area contributed by atoms with Gasteiger partial charge in [0.15, 0.2) is 5.01 Å². The van der Waals surface area contributed by atoms with Crippen molar-refractivity contribution in [2.75, 3.05) is 0 Å². The fraction of sp³-hybridized carbons (Fsp3) is 0.556. The number of hydrogen-bond donors (Lipinski definition) is 1. The summed E-state index contributed by atoms with van der Waals surface area (Å²) in [5.41, 5.74) is 0.135. The van der Waals surface area contributed by atoms with Crippen LogP contribution in [0, 0.1) is 6.92 Å². The predicted octanol–water partition coefficient (Wildman–Crippen LogP) is 2.36. The van der Waals surface area contributed by atoms with Crippen LogP contribution >= 0.6 is 11.3 Å². The van der Waals surface area contributed by atoms with E-state index in [2.05, 4.69) is 10.3 Å². The average Bonchev–Trinajstić information content (AvgIpc) is 2.85. The lowest BCUT2D eigenvalue weighted by molar-refractivity contribution is -0.137. The maximum atomic E-state index is 12.3. The number of nitrogens with one attached hydrogen (secondary N) is 1. The quantitative estimate of drug-likeness (QED) is 0.875. The van der Waals surface area contributed by atoms with Crippen molar-refractivity contribution >= 4 is 17.2 Å². The Balaban J connectivity index is 2.20. The second-order valence-corrected chi connectivity index (χ2v) is 4.68. The van der Waals surface area contributed by atoms with Gasteiger partial charge in [-0.25, -0.2) is 4.98 Å². The summed E-state index contributed by atoms with van der Waals surface area (Å²) in [5.74, 6) is -0.451. The first-order valence-electron chi connectivity index (χ1n) is 4.73. The van der Waals surface area contributed by atoms with E-state index in [4.69, 9.17) is 0 Å². The van der Waals surface area contributed by atoms with Crippen LogP contribution in [0.15, 0.2) is 0 Å². The first-order chi connectivity index (χ1) is 7.38. The highest BCUT2D eigenvalue weighted by Gasteiger charge is 2.36. The highest BCUT2D eigenvalue weighted by atomic mass is 32.1. The van der Waals surface area contributed by atoms with E-state index in [0.717, 1.165) is 12.8 Å². The largest absolute Gasteiger partial charge is 0.443 e. The Labute approximate surface area is 93.7 Å². The van der Waals surface area contributed by atoms with Crippen molar-refractivity contribution in [1.29, 1.82) is 0 Å². The molecule has 1 aromatic rings. The van der Waals surface area contributed by atoms with Crippen LogP contribution in [0.4, 0.5) is 13.2 Å². The van der Waals surface area contributed by atoms with Crippen LogP contribution < -0.4 is 5.32 Å². The summed E-state index contributed by atoms with van der Waals surface area (Å²) in [6.07, 6.45) is -2.68. The predicted molar refractivity (Wildman–Crippen MR) is 52.3 cm³/mol. The summed E-state index contributed by atoms with van der Waals surface area (Å²) in [5, 5.41) is 1.67. The summed E-state index contributed by atoms with van der Waals surface area (Å²) in [6.45, 7) is 1.41. The monoisotopic (exact) mass is 250 g/mol. The van der Waals surface area contributed by atoms with Gasteiger partial charge in [-0.05, 0) is 19.8 Å². The molecule has 0 unspecified atom stereocenters. The van der Waals surface area contributed by atoms with Crippen molar-refractivity contribution in [3.63, 3.8) is 0 Å². The van der Waals surface area contributed by atoms with Crippen LogP contribution in [0.2, 0.25) is 0 Å². The Hall–Kier alpha value is -1.11. The molecule has 0 radical (unpaired) electrons. The normalized spacial score (nSPS) is 16.2. The van der Waals surface area contributed by atoms with Crippen molar-refractivity contribution in [2.24, 2.45) is 0 Å². The first-order valence-corrected chi connectivity index (χ1v) is 5.55. The van der Waals surface area contributed by atoms with Crippen molar-refractivity contribution in [1.82, 2.24) is 10.3 Å². The first kappa shape index (κ1) is 11.4. The number of nitrogens with zero attached hydrogens (tertiary/aromatic N) is 1. The van der Waals surface area contributed by atoms with Crippen LogP contribution in [-0.2, 0) is 6.18 Å². The van der Waals surface area contributed by atoms with Gasteiger partial charge in [-0.2, -0.15) is 13.2 Å². The number of carbonyl (C=O) groups is 1. The molecule has 0 bridgehead atoms. The molecule has 0 aromatic carbocycles. The van der Waals surface area contributed by atoms with E-state index in [9.17, 15) is 18.0 Å². The van der Waals surface area contributed by atoms with Crippen LogP contribution in [0.25, 0.3) is 0 Å². The van der Waals surface area contributed by atoms with E-state index < -0.39 is 17.1 Å². The van der Waals surface area contributed by atoms with E-state index in [1.165, 1.54) is 6.92 Å². The number of alkyl halides is 3. The zero-order chi connectivity index (χ0) is 11.9. The van der Waals surface area contributed by atoms with E-state index in [1.54, 1.807) is 0 Å². The fourth-order valence-electron chi connectivity index (χ4n) is 1.21. The minimum Gasteiger partial charge on any atom is -0.349 e. The lowest BCUT2D eigenvalue weighted by Crippen LogP contribution is -2.25. The Bertz CT molecular complexity index is 423. The van der Waals surface area contributed by atoms with Crippen LogP contribution in [0.5, 0.6) is 0 Å². The number of thiazole rings is 1. The van der Waals surface area contributed by atoms with Gasteiger partial charge in [-0.1, -0.05) is 0 Å². The summed E-state index contributed by atoms with van der Waals surface area (Å²) in [7, 11) is 0. The lowest BCUT2D eigenvalue weighted by atomic mass is 10.3. The Morgan fingerprint density at radius 1 is 1.50 bits per heavy atom. The summed E-state index contributed by atoms with van der Waals surface area (Å²) in [4.78, 5) is 15.0. The van der Waals surface area contributed by atoms with Gasteiger partial charge in [0.25, 0.3) is 5.91 Å². The number of hydrogen-bond acceptors (Lipinski definition) is 3. The maximum absolute atomic E-state index is 12.3. The van der Waals surface area contributed by atoms with Crippen LogP contribution in [-0.4, -0.2) is 16.9 Å². The Morgan fingerprint density at radius 3 is 2.56 bits per heavy atom. The molecule has 1 fully saturated rings. The molecule has 0 spiro atoms. The molecule has 2 rings (SSSR count). The highest BCUT2D eigenvalue weighted by Crippen LogP contribution is 2.34. The minimum absolute atomic E-state index is 0.0548.